The van der Waals surface area contributed by atoms with Crippen molar-refractivity contribution in [2.75, 3.05) is 33.9 Å². The minimum Gasteiger partial charge on any atom is -0.452 e. The van der Waals surface area contributed by atoms with E-state index in [9.17, 15) is 18.0 Å². The Bertz CT molecular complexity index is 734. The van der Waals surface area contributed by atoms with Crippen LogP contribution in [0.1, 0.15) is 24.2 Å². The molecule has 10 heteroatoms. The molecule has 0 aliphatic carbocycles. The number of sulfonamides is 1. The molecule has 0 aliphatic rings. The van der Waals surface area contributed by atoms with Crippen LogP contribution in [0, 0.1) is 0 Å². The van der Waals surface area contributed by atoms with Crippen LogP contribution in [0.3, 0.4) is 0 Å². The number of esters is 1. The van der Waals surface area contributed by atoms with Gasteiger partial charge in [0.05, 0.1) is 22.6 Å². The Morgan fingerprint density at radius 2 is 1.80 bits per heavy atom. The molecule has 0 bridgehead atoms. The first-order chi connectivity index (χ1) is 11.7. The predicted molar refractivity (Wildman–Crippen MR) is 91.6 cm³/mol. The quantitative estimate of drug-likeness (QED) is 0.492. The maximum Gasteiger partial charge on any atom is 0.340 e. The van der Waals surface area contributed by atoms with E-state index in [1.165, 1.54) is 31.2 Å². The lowest BCUT2D eigenvalue weighted by atomic mass is 10.2. The van der Waals surface area contributed by atoms with Crippen LogP contribution >= 0.6 is 11.6 Å². The van der Waals surface area contributed by atoms with E-state index in [2.05, 4.69) is 4.84 Å². The number of carbonyl (C=O) groups is 2. The molecule has 0 radical (unpaired) electrons. The Kier molecular flexibility index (Phi) is 7.81. The van der Waals surface area contributed by atoms with E-state index >= 15 is 0 Å². The van der Waals surface area contributed by atoms with Crippen molar-refractivity contribution in [2.24, 2.45) is 0 Å². The number of likely N-dealkylation sites (N-methyl/N-ethyl adjacent to an activating group) is 1. The molecule has 0 fully saturated rings. The molecule has 0 unspecified atom stereocenters. The highest BCUT2D eigenvalue weighted by Gasteiger charge is 2.24. The Morgan fingerprint density at radius 1 is 1.20 bits per heavy atom. The predicted octanol–water partition coefficient (Wildman–Crippen LogP) is 1.55. The van der Waals surface area contributed by atoms with Crippen molar-refractivity contribution in [3.05, 3.63) is 28.8 Å². The number of halogens is 1. The number of carbonyl (C=O) groups excluding carboxylic acids is 2. The number of ether oxygens (including phenoxy) is 1. The van der Waals surface area contributed by atoms with Gasteiger partial charge in [0, 0.05) is 20.1 Å². The third kappa shape index (κ3) is 5.15. The van der Waals surface area contributed by atoms with E-state index in [-0.39, 0.29) is 21.4 Å². The lowest BCUT2D eigenvalue weighted by molar-refractivity contribution is -0.134. The molecule has 0 heterocycles. The van der Waals surface area contributed by atoms with Crippen LogP contribution in [-0.4, -0.2) is 63.5 Å². The summed E-state index contributed by atoms with van der Waals surface area (Å²) in [6.07, 6.45) is 0. The summed E-state index contributed by atoms with van der Waals surface area (Å²) >= 11 is 5.95. The monoisotopic (exact) mass is 392 g/mol. The highest BCUT2D eigenvalue weighted by Crippen LogP contribution is 2.23. The van der Waals surface area contributed by atoms with Gasteiger partial charge in [-0.05, 0) is 32.0 Å². The van der Waals surface area contributed by atoms with Gasteiger partial charge in [-0.15, -0.1) is 0 Å². The third-order valence-corrected chi connectivity index (χ3v) is 5.50. The minimum atomic E-state index is -3.94. The maximum absolute atomic E-state index is 12.2. The fourth-order valence-corrected chi connectivity index (χ4v) is 3.14. The van der Waals surface area contributed by atoms with Gasteiger partial charge in [0.25, 0.3) is 15.9 Å². The zero-order valence-electron chi connectivity index (χ0n) is 14.5. The van der Waals surface area contributed by atoms with Gasteiger partial charge in [-0.1, -0.05) is 16.1 Å². The summed E-state index contributed by atoms with van der Waals surface area (Å²) in [5.74, 6) is -1.24. The van der Waals surface area contributed by atoms with Gasteiger partial charge in [0.15, 0.2) is 6.61 Å². The van der Waals surface area contributed by atoms with Crippen molar-refractivity contribution in [1.82, 2.24) is 9.37 Å². The van der Waals surface area contributed by atoms with Gasteiger partial charge in [-0.25, -0.2) is 13.2 Å². The smallest absolute Gasteiger partial charge is 0.340 e. The molecule has 0 N–H and O–H groups in total. The Morgan fingerprint density at radius 3 is 2.32 bits per heavy atom. The van der Waals surface area contributed by atoms with Gasteiger partial charge >= 0.3 is 5.97 Å². The molecule has 1 aromatic carbocycles. The normalized spacial score (nSPS) is 11.4. The Balaban J connectivity index is 3.00. The molecule has 1 rings (SSSR count). The van der Waals surface area contributed by atoms with Crippen molar-refractivity contribution < 1.29 is 27.6 Å². The fraction of sp³-hybridized carbons (Fsp3) is 0.467. The Labute approximate surface area is 152 Å². The van der Waals surface area contributed by atoms with E-state index in [1.807, 2.05) is 0 Å². The van der Waals surface area contributed by atoms with Gasteiger partial charge in [0.1, 0.15) is 0 Å². The van der Waals surface area contributed by atoms with Crippen molar-refractivity contribution in [3.63, 3.8) is 0 Å². The lowest BCUT2D eigenvalue weighted by Crippen LogP contribution is -2.34. The topological polar surface area (TPSA) is 93.2 Å². The third-order valence-electron chi connectivity index (χ3n) is 3.49. The van der Waals surface area contributed by atoms with Crippen LogP contribution < -0.4 is 0 Å². The minimum absolute atomic E-state index is 0.0132. The summed E-state index contributed by atoms with van der Waals surface area (Å²) in [4.78, 5) is 30.0. The lowest BCUT2D eigenvalue weighted by Gasteiger charge is -2.18. The first kappa shape index (κ1) is 21.4. The van der Waals surface area contributed by atoms with Crippen LogP contribution in [0.25, 0.3) is 0 Å². The van der Waals surface area contributed by atoms with Crippen LogP contribution in [0.4, 0.5) is 0 Å². The summed E-state index contributed by atoms with van der Waals surface area (Å²) in [6.45, 7) is 4.14. The SMILES string of the molecule is CCN(CC)C(=O)COC(=O)c1cc(S(=O)(=O)N(C)OC)ccc1Cl. The molecule has 0 spiro atoms. The molecule has 140 valence electrons. The molecule has 0 saturated heterocycles. The summed E-state index contributed by atoms with van der Waals surface area (Å²) in [5, 5.41) is 0.0132. The van der Waals surface area contributed by atoms with E-state index in [1.54, 1.807) is 13.8 Å². The molecular weight excluding hydrogens is 372 g/mol. The van der Waals surface area contributed by atoms with Crippen LogP contribution in [0.15, 0.2) is 23.1 Å². The molecule has 0 atom stereocenters. The van der Waals surface area contributed by atoms with Crippen molar-refractivity contribution in [2.45, 2.75) is 18.7 Å². The summed E-state index contributed by atoms with van der Waals surface area (Å²) < 4.78 is 30.1. The second-order valence-electron chi connectivity index (χ2n) is 4.88. The number of hydrogen-bond acceptors (Lipinski definition) is 6. The average Bonchev–Trinajstić information content (AvgIpc) is 2.60. The summed E-state index contributed by atoms with van der Waals surface area (Å²) in [6, 6.07) is 3.59. The van der Waals surface area contributed by atoms with Gasteiger partial charge in [-0.2, -0.15) is 0 Å². The van der Waals surface area contributed by atoms with E-state index in [0.29, 0.717) is 17.6 Å². The van der Waals surface area contributed by atoms with E-state index in [4.69, 9.17) is 16.3 Å². The fourth-order valence-electron chi connectivity index (χ4n) is 1.94. The molecular formula is C15H21ClN2O6S. The van der Waals surface area contributed by atoms with Crippen molar-refractivity contribution >= 4 is 33.5 Å². The maximum atomic E-state index is 12.2. The van der Waals surface area contributed by atoms with Gasteiger partial charge in [-0.3, -0.25) is 9.63 Å². The summed E-state index contributed by atoms with van der Waals surface area (Å²) in [7, 11) is -1.54. The molecule has 0 aromatic heterocycles. The highest BCUT2D eigenvalue weighted by atomic mass is 35.5. The molecule has 1 aromatic rings. The molecule has 25 heavy (non-hydrogen) atoms. The number of hydroxylamine groups is 1. The van der Waals surface area contributed by atoms with Crippen molar-refractivity contribution in [1.29, 1.82) is 0 Å². The van der Waals surface area contributed by atoms with Crippen molar-refractivity contribution in [3.8, 4) is 0 Å². The van der Waals surface area contributed by atoms with Gasteiger partial charge in [0.2, 0.25) is 0 Å². The number of hydrogen-bond donors (Lipinski definition) is 0. The molecule has 1 amide bonds. The van der Waals surface area contributed by atoms with Crippen LogP contribution in [0.5, 0.6) is 0 Å². The Hall–Kier alpha value is -1.68. The first-order valence-corrected chi connectivity index (χ1v) is 9.28. The van der Waals surface area contributed by atoms with Crippen LogP contribution in [-0.2, 0) is 24.4 Å². The molecule has 0 aliphatic heterocycles. The molecule has 8 nitrogen and oxygen atoms in total. The number of rotatable bonds is 8. The molecule has 0 saturated carbocycles. The number of nitrogens with zero attached hydrogens (tertiary/aromatic N) is 2. The standard InChI is InChI=1S/C15H21ClN2O6S/c1-5-18(6-2)14(19)10-24-15(20)12-9-11(7-8-13(12)16)25(21,22)17(3)23-4/h7-9H,5-6,10H2,1-4H3. The van der Waals surface area contributed by atoms with Crippen LogP contribution in [0.2, 0.25) is 5.02 Å². The first-order valence-electron chi connectivity index (χ1n) is 7.46. The average molecular weight is 393 g/mol. The number of amides is 1. The largest absolute Gasteiger partial charge is 0.452 e. The van der Waals surface area contributed by atoms with Gasteiger partial charge < -0.3 is 9.64 Å². The second kappa shape index (κ2) is 9.14. The zero-order chi connectivity index (χ0) is 19.2. The number of benzene rings is 1. The highest BCUT2D eigenvalue weighted by molar-refractivity contribution is 7.89. The second-order valence-corrected chi connectivity index (χ2v) is 7.22. The summed E-state index contributed by atoms with van der Waals surface area (Å²) in [5.41, 5.74) is -0.153. The zero-order valence-corrected chi connectivity index (χ0v) is 16.1. The van der Waals surface area contributed by atoms with E-state index in [0.717, 1.165) is 6.07 Å². The van der Waals surface area contributed by atoms with E-state index < -0.39 is 22.6 Å².